The maximum absolute atomic E-state index is 11.1. The first-order valence-electron chi connectivity index (χ1n) is 37.5. The molecule has 114 heavy (non-hydrogen) atoms. The number of ether oxygens (including phenoxy) is 6. The van der Waals surface area contributed by atoms with Crippen LogP contribution in [0, 0.1) is 5.92 Å². The number of carbonyl (C=O) groups is 2. The van der Waals surface area contributed by atoms with Crippen molar-refractivity contribution in [2.45, 2.75) is 163 Å². The third kappa shape index (κ3) is 27.9. The molecule has 0 radical (unpaired) electrons. The van der Waals surface area contributed by atoms with Crippen LogP contribution in [0.15, 0.2) is 160 Å². The Kier molecular flexibility index (Phi) is 34.6. The van der Waals surface area contributed by atoms with Crippen LogP contribution in [0.1, 0.15) is 52.9 Å². The highest BCUT2D eigenvalue weighted by atomic mass is 31.2. The van der Waals surface area contributed by atoms with Crippen LogP contribution >= 0.6 is 34.4 Å². The van der Waals surface area contributed by atoms with Gasteiger partial charge < -0.3 is 122 Å². The van der Waals surface area contributed by atoms with Gasteiger partial charge in [-0.3, -0.25) is 9.59 Å². The van der Waals surface area contributed by atoms with E-state index in [4.69, 9.17) is 45.6 Å². The minimum absolute atomic E-state index is 0.0165. The Morgan fingerprint density at radius 2 is 0.816 bits per heavy atom. The predicted molar refractivity (Wildman–Crippen MR) is 475 cm³/mol. The van der Waals surface area contributed by atoms with Gasteiger partial charge in [0.25, 0.3) is 0 Å². The molecule has 0 bridgehead atoms. The summed E-state index contributed by atoms with van der Waals surface area (Å²) in [6.45, 7) is 39.7. The van der Waals surface area contributed by atoms with Crippen LogP contribution in [0.2, 0.25) is 0 Å². The molecule has 2 amide bonds. The van der Waals surface area contributed by atoms with E-state index in [9.17, 15) is 50.4 Å². The molecule has 0 aromatic rings. The van der Waals surface area contributed by atoms with Crippen LogP contribution in [0.3, 0.4) is 0 Å². The fourth-order valence-electron chi connectivity index (χ4n) is 13.2. The molecule has 1 aliphatic carbocycles. The minimum Gasteiger partial charge on any atom is -0.491 e. The number of amidine groups is 5. The molecule has 0 unspecified atom stereocenters. The predicted octanol–water partition coefficient (Wildman–Crippen LogP) is 3.79. The number of hydrogen-bond donors (Lipinski definition) is 13. The SMILES string of the molecule is C=C1N=C(N)C(OC)=CN1[C@@H]1O[C@H](CCP(=C)(C)C)[C@@H](O)[C@H]1O.C=C1N=C(N)C=CN1[C@@H]1C=C(CCP(=C)(C)C)[C@@H](O)[C@H]1O.C=C1N=C(N)C=CN1[C@@H]1O[C@H](CCP(=C)(C)C)[C@@H](O)[C@H]1C.C=C1N=C(NC(C)=O)C=CN1[C@@H]1O[C@H](CCP(=C)(C)C)[C@@H](O)[C@H]1O.C=C1N=C(NC(C)=O)C=CN1[C@@H]1O[C@H](CCP(=C)(C)C)[C@@H](O)[C@H]1OC. The summed E-state index contributed by atoms with van der Waals surface area (Å²) in [6.07, 6.45) is 34.9. The lowest BCUT2D eigenvalue weighted by molar-refractivity contribution is -0.118. The summed E-state index contributed by atoms with van der Waals surface area (Å²) in [7, 11) is 3.03. The number of aliphatic hydroxyl groups is 8. The molecular weight excluding hydrogens is 1560 g/mol. The number of methoxy groups -OCH3 is 2. The van der Waals surface area contributed by atoms with Gasteiger partial charge in [-0.05, 0) is 159 Å². The molecule has 36 heteroatoms. The van der Waals surface area contributed by atoms with Crippen molar-refractivity contribution in [3.8, 4) is 0 Å². The van der Waals surface area contributed by atoms with E-state index in [0.717, 1.165) is 55.6 Å². The molecule has 638 valence electrons. The highest BCUT2D eigenvalue weighted by Crippen LogP contribution is 2.45. The first kappa shape index (κ1) is 96.4. The van der Waals surface area contributed by atoms with Gasteiger partial charge in [0.05, 0.1) is 49.9 Å². The Bertz CT molecular complexity index is 4140. The molecule has 31 nitrogen and oxygen atoms in total. The lowest BCUT2D eigenvalue weighted by atomic mass is 10.00. The molecule has 9 heterocycles. The second-order valence-electron chi connectivity index (χ2n) is 33.1. The summed E-state index contributed by atoms with van der Waals surface area (Å²) >= 11 is 0. The molecule has 0 aromatic carbocycles. The Balaban J connectivity index is 0.000000222. The topological polar surface area (TPSA) is 431 Å². The van der Waals surface area contributed by atoms with Crippen LogP contribution in [0.4, 0.5) is 0 Å². The molecule has 10 aliphatic rings. The number of nitrogens with zero attached hydrogens (tertiary/aromatic N) is 10. The van der Waals surface area contributed by atoms with Crippen molar-refractivity contribution in [3.05, 3.63) is 135 Å². The smallest absolute Gasteiger partial charge is 0.222 e. The molecule has 0 spiro atoms. The molecule has 4 saturated heterocycles. The van der Waals surface area contributed by atoms with Crippen LogP contribution in [0.25, 0.3) is 0 Å². The van der Waals surface area contributed by atoms with Crippen molar-refractivity contribution in [2.24, 2.45) is 48.1 Å². The van der Waals surface area contributed by atoms with Gasteiger partial charge in [0.15, 0.2) is 30.3 Å². The standard InChI is InChI=1S/C17H28N3O4P.C16H26N3O4P.C15H26N3O4P.C15H26N3O2P.C15H24N3O2P/c1-11-18-14(19-12(2)21)7-9-20(11)17-16(23-3)15(22)13(24-17)8-10-25(4,5)6;1-10-17-13(18-11(2)20)6-8-19(10)16-15(22)14(21)12(23-16)7-9-24(3,4)5;1-9-17-14(16)11(21-2)8-18(9)15-13(20)12(19)10(22-15)6-7-23(3,4)5;1-10-14(19)12(7-9-21(3,4)5)20-15(10)18-8-6-13(16)17-11(18)2;1-10-17-13(16)5-7-18(10)12-9-11(14(19)15(12)20)6-8-21(2,3)4/h7,9,13,15-17,22H,1,4,8,10H2,2-3,5-6H3,(H,18,19,21);6,8,12,14-16,21-22H,1,3,7,9H2,2,4-5H3,(H,17,18,20);8,10,12-13,15,19-20H,1,3,6-7H2,2,4-5H3,(H2,16,17);6,8,10,12,14-15,19H,2-3,7,9H2,1,4-5H3,(H2,16,17);5,7,9,12,14-15,19-20H,1-2,6,8H2,3-4H3,(H2,16,17)/t13-,15-,16-,17-;12-,14-,15-,16-;10-,12-,13-,15-;10-,12-,14+,15-;12-,14-,15+/m11111/s1. The summed E-state index contributed by atoms with van der Waals surface area (Å²) in [6, 6.07) is -0.359. The number of amides is 2. The Morgan fingerprint density at radius 3 is 1.21 bits per heavy atom. The first-order valence-corrected chi connectivity index (χ1v) is 52.8. The number of nitrogens with two attached hydrogens (primary N) is 3. The molecule has 19 atom stereocenters. The lowest BCUT2D eigenvalue weighted by Crippen LogP contribution is -2.43. The van der Waals surface area contributed by atoms with E-state index in [1.165, 1.54) is 25.9 Å². The van der Waals surface area contributed by atoms with Crippen molar-refractivity contribution < 1.29 is 78.9 Å². The number of aliphatic hydroxyl groups excluding tert-OH is 8. The van der Waals surface area contributed by atoms with E-state index in [2.05, 4.69) is 167 Å². The fourth-order valence-corrected chi connectivity index (χ4v) is 17.9. The normalized spacial score (nSPS) is 31.0. The molecule has 4 fully saturated rings. The van der Waals surface area contributed by atoms with E-state index in [0.29, 0.717) is 71.0 Å². The van der Waals surface area contributed by atoms with Crippen LogP contribution in [-0.4, -0.2) is 360 Å². The quantitative estimate of drug-likeness (QED) is 0.0541. The first-order chi connectivity index (χ1) is 52.7. The average Bonchev–Trinajstić information content (AvgIpc) is 1.55. The zero-order chi connectivity index (χ0) is 85.8. The number of nitrogens with one attached hydrogen (secondary N) is 2. The molecule has 16 N–H and O–H groups in total. The van der Waals surface area contributed by atoms with Crippen molar-refractivity contribution in [1.82, 2.24) is 35.1 Å². The Morgan fingerprint density at radius 1 is 0.465 bits per heavy atom. The highest BCUT2D eigenvalue weighted by Gasteiger charge is 2.50. The van der Waals surface area contributed by atoms with E-state index in [-0.39, 0.29) is 48.0 Å². The summed E-state index contributed by atoms with van der Waals surface area (Å²) in [5.74, 6) is 3.80. The van der Waals surface area contributed by atoms with Crippen LogP contribution in [0.5, 0.6) is 0 Å². The van der Waals surface area contributed by atoms with Gasteiger partial charge in [0, 0.05) is 51.7 Å². The summed E-state index contributed by atoms with van der Waals surface area (Å²) in [4.78, 5) is 51.4. The minimum atomic E-state index is -1.23. The Labute approximate surface area is 675 Å². The second kappa shape index (κ2) is 40.9. The summed E-state index contributed by atoms with van der Waals surface area (Å²) < 4.78 is 34.5. The van der Waals surface area contributed by atoms with Crippen molar-refractivity contribution in [2.75, 3.05) is 112 Å². The molecule has 9 aliphatic heterocycles. The number of hydrogen-bond acceptors (Lipinski definition) is 29. The van der Waals surface area contributed by atoms with E-state index in [1.54, 1.807) is 70.9 Å². The Hall–Kier alpha value is -6.39. The molecule has 0 aromatic heterocycles. The highest BCUT2D eigenvalue weighted by molar-refractivity contribution is 7.73. The summed E-state index contributed by atoms with van der Waals surface area (Å²) in [5.41, 5.74) is 17.9. The van der Waals surface area contributed by atoms with E-state index in [1.807, 2.05) is 24.1 Å². The van der Waals surface area contributed by atoms with E-state index < -0.39 is 120 Å². The van der Waals surface area contributed by atoms with Crippen LogP contribution in [-0.2, 0) is 38.0 Å². The zero-order valence-electron chi connectivity index (χ0n) is 69.2. The van der Waals surface area contributed by atoms with Gasteiger partial charge in [0.1, 0.15) is 108 Å². The molecule has 10 rings (SSSR count). The van der Waals surface area contributed by atoms with Gasteiger partial charge in [0.2, 0.25) is 11.8 Å². The van der Waals surface area contributed by atoms with Crippen molar-refractivity contribution >= 4 is 107 Å². The van der Waals surface area contributed by atoms with Crippen molar-refractivity contribution in [1.29, 1.82) is 0 Å². The third-order valence-corrected chi connectivity index (χ3v) is 26.9. The summed E-state index contributed by atoms with van der Waals surface area (Å²) in [5, 5.41) is 87.9. The van der Waals surface area contributed by atoms with Crippen LogP contribution < -0.4 is 27.8 Å². The van der Waals surface area contributed by atoms with Gasteiger partial charge in [-0.15, -0.1) is 65.9 Å². The largest absolute Gasteiger partial charge is 0.491 e. The maximum Gasteiger partial charge on any atom is 0.222 e. The van der Waals surface area contributed by atoms with Gasteiger partial charge in [-0.25, -0.2) is 25.0 Å². The number of aliphatic imine (C=N–C) groups is 5. The van der Waals surface area contributed by atoms with Gasteiger partial charge >= 0.3 is 0 Å². The average molecular weight is 1690 g/mol. The fraction of sp³-hybridized carbons (Fsp3) is 0.564. The monoisotopic (exact) mass is 1690 g/mol. The number of carbonyl (C=O) groups excluding carboxylic acids is 2. The zero-order valence-corrected chi connectivity index (χ0v) is 73.6. The molecule has 0 saturated carbocycles. The van der Waals surface area contributed by atoms with Gasteiger partial charge in [-0.2, -0.15) is 0 Å². The van der Waals surface area contributed by atoms with E-state index >= 15 is 0 Å². The second-order valence-corrected chi connectivity index (χ2v) is 54.7. The van der Waals surface area contributed by atoms with Crippen molar-refractivity contribution in [3.63, 3.8) is 0 Å². The lowest BCUT2D eigenvalue weighted by Gasteiger charge is -2.32. The number of rotatable bonds is 22. The maximum atomic E-state index is 11.1. The third-order valence-electron chi connectivity index (χ3n) is 19.6. The van der Waals surface area contributed by atoms with Gasteiger partial charge in [-0.1, -0.05) is 45.9 Å². The molecular formula is C78H130N15O16P5.